The van der Waals surface area contributed by atoms with Gasteiger partial charge in [0.1, 0.15) is 6.10 Å². The first-order valence-electron chi connectivity index (χ1n) is 12.3. The van der Waals surface area contributed by atoms with E-state index in [9.17, 15) is 4.79 Å². The maximum Gasteiger partial charge on any atom is 0.311 e. The average Bonchev–Trinajstić information content (AvgIpc) is 3.36. The molecule has 6 heteroatoms. The van der Waals surface area contributed by atoms with Crippen molar-refractivity contribution < 1.29 is 19.0 Å². The summed E-state index contributed by atoms with van der Waals surface area (Å²) >= 11 is 0. The maximum atomic E-state index is 12.9. The minimum absolute atomic E-state index is 0.0185. The van der Waals surface area contributed by atoms with Gasteiger partial charge < -0.3 is 19.1 Å². The molecule has 1 aromatic rings. The predicted molar refractivity (Wildman–Crippen MR) is 122 cm³/mol. The van der Waals surface area contributed by atoms with Gasteiger partial charge in [0.2, 0.25) is 6.79 Å². The second-order valence-corrected chi connectivity index (χ2v) is 10.7. The van der Waals surface area contributed by atoms with Crippen LogP contribution >= 0.6 is 0 Å². The minimum atomic E-state index is -0.0248. The Kier molecular flexibility index (Phi) is 4.90. The number of allylic oxidation sites excluding steroid dienone is 1. The van der Waals surface area contributed by atoms with Gasteiger partial charge in [-0.3, -0.25) is 9.69 Å². The van der Waals surface area contributed by atoms with E-state index in [0.29, 0.717) is 12.7 Å². The standard InChI is InChI=1S/C26H34N2O4/c1-17-4-3-7-26(2)14-24-19(13-21(17)26)20(25(29)32-24)15-27-8-10-28(11-9-27)18-5-6-22-23(12-18)31-16-30-22/h5-6,12-13,17,19-20,24H,3-4,7-11,14-16H2,1-2H3/t17-,19+,20-,24-,26+/m1/s1. The number of fused-ring (bicyclic) bond motifs is 3. The Balaban J connectivity index is 1.12. The van der Waals surface area contributed by atoms with Gasteiger partial charge in [-0.1, -0.05) is 31.9 Å². The molecule has 2 saturated heterocycles. The summed E-state index contributed by atoms with van der Waals surface area (Å²) in [6, 6.07) is 6.18. The Labute approximate surface area is 190 Å². The van der Waals surface area contributed by atoms with Gasteiger partial charge in [0.05, 0.1) is 5.92 Å². The Morgan fingerprint density at radius 2 is 1.94 bits per heavy atom. The molecule has 6 nitrogen and oxygen atoms in total. The van der Waals surface area contributed by atoms with Gasteiger partial charge in [-0.15, -0.1) is 0 Å². The number of nitrogens with zero attached hydrogens (tertiary/aromatic N) is 2. The first-order valence-corrected chi connectivity index (χ1v) is 12.3. The molecule has 0 N–H and O–H groups in total. The van der Waals surface area contributed by atoms with Crippen molar-refractivity contribution in [3.05, 3.63) is 29.8 Å². The number of carbonyl (C=O) groups is 1. The molecule has 0 aromatic heterocycles. The molecule has 3 aliphatic heterocycles. The lowest BCUT2D eigenvalue weighted by molar-refractivity contribution is -0.145. The van der Waals surface area contributed by atoms with Crippen molar-refractivity contribution in [2.75, 3.05) is 44.4 Å². The molecule has 32 heavy (non-hydrogen) atoms. The van der Waals surface area contributed by atoms with Crippen molar-refractivity contribution in [3.8, 4) is 11.5 Å². The number of rotatable bonds is 3. The fraction of sp³-hybridized carbons (Fsp3) is 0.654. The lowest BCUT2D eigenvalue weighted by Crippen LogP contribution is -2.49. The third-order valence-corrected chi connectivity index (χ3v) is 8.63. The van der Waals surface area contributed by atoms with Crippen LogP contribution in [0.4, 0.5) is 5.69 Å². The average molecular weight is 439 g/mol. The van der Waals surface area contributed by atoms with E-state index in [2.05, 4.69) is 41.9 Å². The van der Waals surface area contributed by atoms with Gasteiger partial charge >= 0.3 is 5.97 Å². The normalized spacial score (nSPS) is 36.4. The summed E-state index contributed by atoms with van der Waals surface area (Å²) in [6.45, 7) is 9.69. The van der Waals surface area contributed by atoms with Gasteiger partial charge in [-0.05, 0) is 42.7 Å². The lowest BCUT2D eigenvalue weighted by atomic mass is 9.59. The largest absolute Gasteiger partial charge is 0.461 e. The number of ether oxygens (including phenoxy) is 3. The Hall–Kier alpha value is -2.21. The molecule has 0 unspecified atom stereocenters. The highest BCUT2D eigenvalue weighted by Crippen LogP contribution is 2.54. The molecule has 5 atom stereocenters. The van der Waals surface area contributed by atoms with Crippen LogP contribution in [0.25, 0.3) is 0 Å². The Bertz CT molecular complexity index is 938. The van der Waals surface area contributed by atoms with Gasteiger partial charge in [-0.2, -0.15) is 0 Å². The van der Waals surface area contributed by atoms with E-state index in [1.807, 2.05) is 6.07 Å². The smallest absolute Gasteiger partial charge is 0.311 e. The van der Waals surface area contributed by atoms with Crippen LogP contribution in [0.1, 0.15) is 39.5 Å². The van der Waals surface area contributed by atoms with E-state index < -0.39 is 0 Å². The second-order valence-electron chi connectivity index (χ2n) is 10.7. The van der Waals surface area contributed by atoms with Crippen molar-refractivity contribution >= 4 is 11.7 Å². The maximum absolute atomic E-state index is 12.9. The van der Waals surface area contributed by atoms with Gasteiger partial charge in [-0.25, -0.2) is 0 Å². The van der Waals surface area contributed by atoms with Crippen LogP contribution in [0.5, 0.6) is 11.5 Å². The molecule has 3 fully saturated rings. The quantitative estimate of drug-likeness (QED) is 0.528. The molecule has 1 saturated carbocycles. The molecule has 3 heterocycles. The molecule has 0 spiro atoms. The minimum Gasteiger partial charge on any atom is -0.461 e. The second kappa shape index (κ2) is 7.68. The van der Waals surface area contributed by atoms with Crippen LogP contribution in [-0.2, 0) is 9.53 Å². The summed E-state index contributed by atoms with van der Waals surface area (Å²) in [5, 5.41) is 0. The van der Waals surface area contributed by atoms with Crippen LogP contribution in [0.15, 0.2) is 29.8 Å². The van der Waals surface area contributed by atoms with Crippen molar-refractivity contribution in [3.63, 3.8) is 0 Å². The van der Waals surface area contributed by atoms with Crippen molar-refractivity contribution in [1.29, 1.82) is 0 Å². The van der Waals surface area contributed by atoms with E-state index in [4.69, 9.17) is 14.2 Å². The van der Waals surface area contributed by atoms with Crippen LogP contribution in [-0.4, -0.2) is 56.5 Å². The molecule has 0 bridgehead atoms. The molecule has 6 rings (SSSR count). The number of esters is 1. The number of hydrogen-bond acceptors (Lipinski definition) is 6. The third-order valence-electron chi connectivity index (χ3n) is 8.63. The molecular weight excluding hydrogens is 404 g/mol. The van der Waals surface area contributed by atoms with Crippen LogP contribution in [0.3, 0.4) is 0 Å². The van der Waals surface area contributed by atoms with Crippen molar-refractivity contribution in [2.45, 2.75) is 45.6 Å². The zero-order valence-corrected chi connectivity index (χ0v) is 19.2. The van der Waals surface area contributed by atoms with Gasteiger partial charge in [0.15, 0.2) is 11.5 Å². The fourth-order valence-corrected chi connectivity index (χ4v) is 6.81. The first kappa shape index (κ1) is 20.4. The van der Waals surface area contributed by atoms with Gasteiger partial charge in [0, 0.05) is 50.4 Å². The van der Waals surface area contributed by atoms with Crippen molar-refractivity contribution in [1.82, 2.24) is 4.90 Å². The number of anilines is 1. The fourth-order valence-electron chi connectivity index (χ4n) is 6.81. The molecule has 0 radical (unpaired) electrons. The summed E-state index contributed by atoms with van der Waals surface area (Å²) in [5.41, 5.74) is 3.00. The van der Waals surface area contributed by atoms with E-state index in [1.54, 1.807) is 5.57 Å². The Morgan fingerprint density at radius 1 is 1.12 bits per heavy atom. The zero-order chi connectivity index (χ0) is 21.9. The highest BCUT2D eigenvalue weighted by molar-refractivity contribution is 5.76. The predicted octanol–water partition coefficient (Wildman–Crippen LogP) is 3.85. The van der Waals surface area contributed by atoms with E-state index in [0.717, 1.165) is 50.6 Å². The molecule has 5 aliphatic rings. The summed E-state index contributed by atoms with van der Waals surface area (Å²) in [6.07, 6.45) is 7.35. The van der Waals surface area contributed by atoms with Gasteiger partial charge in [0.25, 0.3) is 0 Å². The van der Waals surface area contributed by atoms with Crippen LogP contribution in [0.2, 0.25) is 0 Å². The highest BCUT2D eigenvalue weighted by Gasteiger charge is 2.52. The first-order chi connectivity index (χ1) is 15.5. The van der Waals surface area contributed by atoms with Crippen molar-refractivity contribution in [2.24, 2.45) is 23.2 Å². The van der Waals surface area contributed by atoms with Crippen LogP contribution in [0, 0.1) is 23.2 Å². The molecule has 2 aliphatic carbocycles. The summed E-state index contributed by atoms with van der Waals surface area (Å²) in [4.78, 5) is 17.7. The number of carbonyl (C=O) groups excluding carboxylic acids is 1. The lowest BCUT2D eigenvalue weighted by Gasteiger charge is -2.46. The topological polar surface area (TPSA) is 51.2 Å². The van der Waals surface area contributed by atoms with E-state index in [-0.39, 0.29) is 29.3 Å². The summed E-state index contributed by atoms with van der Waals surface area (Å²) in [5.74, 6) is 2.54. The SMILES string of the molecule is C[C@@H]1CCC[C@@]2(C)C[C@H]3OC(=O)[C@H](CN4CCN(c5ccc6c(c5)OCO6)CC4)[C@@H]3C=C12. The zero-order valence-electron chi connectivity index (χ0n) is 19.2. The van der Waals surface area contributed by atoms with E-state index >= 15 is 0 Å². The monoisotopic (exact) mass is 438 g/mol. The number of piperazine rings is 1. The molecule has 0 amide bonds. The molecule has 172 valence electrons. The highest BCUT2D eigenvalue weighted by atomic mass is 16.7. The number of benzene rings is 1. The van der Waals surface area contributed by atoms with Crippen LogP contribution < -0.4 is 14.4 Å². The summed E-state index contributed by atoms with van der Waals surface area (Å²) in [7, 11) is 0. The third kappa shape index (κ3) is 3.38. The Morgan fingerprint density at radius 3 is 2.78 bits per heavy atom. The molecular formula is C26H34N2O4. The van der Waals surface area contributed by atoms with E-state index in [1.165, 1.54) is 24.9 Å². The number of hydrogen-bond donors (Lipinski definition) is 0. The summed E-state index contributed by atoms with van der Waals surface area (Å²) < 4.78 is 16.9. The molecule has 1 aromatic carbocycles.